The highest BCUT2D eigenvalue weighted by Gasteiger charge is 2.13. The zero-order chi connectivity index (χ0) is 31.1. The number of esters is 1. The summed E-state index contributed by atoms with van der Waals surface area (Å²) in [5, 5.41) is 0. The fourth-order valence-electron chi connectivity index (χ4n) is 4.59. The fraction of sp³-hybridized carbons (Fsp3) is 0.243. The first-order valence-corrected chi connectivity index (χ1v) is 15.5. The van der Waals surface area contributed by atoms with Crippen LogP contribution in [0.1, 0.15) is 58.3 Å². The van der Waals surface area contributed by atoms with E-state index in [0.717, 1.165) is 24.0 Å². The van der Waals surface area contributed by atoms with E-state index in [1.807, 2.05) is 84.9 Å². The predicted molar refractivity (Wildman–Crippen MR) is 173 cm³/mol. The maximum atomic E-state index is 12.2. The number of benzene rings is 4. The van der Waals surface area contributed by atoms with Crippen LogP contribution in [0.3, 0.4) is 0 Å². The number of carbonyl (C=O) groups is 1. The minimum atomic E-state index is -0.189. The Morgan fingerprint density at radius 2 is 0.889 bits per heavy atom. The lowest BCUT2D eigenvalue weighted by molar-refractivity contribution is -0.134. The van der Waals surface area contributed by atoms with Crippen LogP contribution in [0.5, 0.6) is 41.0 Å². The number of hydrogen-bond donors (Lipinski definition) is 0. The van der Waals surface area contributed by atoms with E-state index in [0.29, 0.717) is 29.4 Å². The van der Waals surface area contributed by atoms with Crippen LogP contribution < -0.4 is 18.9 Å². The summed E-state index contributed by atoms with van der Waals surface area (Å²) in [6, 6.07) is 33.5. The van der Waals surface area contributed by atoms with Crippen molar-refractivity contribution >= 4 is 5.97 Å². The minimum Gasteiger partial charge on any atom is -0.427 e. The van der Waals surface area contributed by atoms with Crippen LogP contribution in [-0.4, -0.2) is 20.9 Å². The lowest BCUT2D eigenvalue weighted by atomic mass is 10.1. The molecule has 0 radical (unpaired) electrons. The molecule has 4 aromatic carbocycles. The number of hydrogen-bond acceptors (Lipinski definition) is 8. The molecule has 0 aliphatic carbocycles. The Morgan fingerprint density at radius 1 is 0.489 bits per heavy atom. The Hall–Kier alpha value is -5.24. The zero-order valence-corrected chi connectivity index (χ0v) is 25.4. The summed E-state index contributed by atoms with van der Waals surface area (Å²) >= 11 is 0. The molecule has 8 nitrogen and oxygen atoms in total. The smallest absolute Gasteiger partial charge is 0.331 e. The van der Waals surface area contributed by atoms with Crippen molar-refractivity contribution in [3.05, 3.63) is 109 Å². The molecule has 0 spiro atoms. The monoisotopic (exact) mass is 603 g/mol. The Kier molecular flexibility index (Phi) is 11.5. The van der Waals surface area contributed by atoms with Gasteiger partial charge in [-0.15, -0.1) is 15.0 Å². The standard InChI is InChI=1S/C37H37N3O5/c1-2-3-4-5-6-7-14-19-34(41)42-32-24-20-28(21-25-32)29-22-26-33(27-23-29)45-37-39-35(43-30-15-10-8-11-16-30)38-36(40-37)44-31-17-12-9-13-18-31/h8-13,15-18,20-27H,2-7,14,19H2,1H3. The molecule has 8 heteroatoms. The van der Waals surface area contributed by atoms with E-state index >= 15 is 0 Å². The molecule has 0 fully saturated rings. The van der Waals surface area contributed by atoms with Crippen LogP contribution >= 0.6 is 0 Å². The summed E-state index contributed by atoms with van der Waals surface area (Å²) in [7, 11) is 0. The molecule has 0 unspecified atom stereocenters. The maximum absolute atomic E-state index is 12.2. The van der Waals surface area contributed by atoms with Gasteiger partial charge < -0.3 is 18.9 Å². The molecule has 0 saturated carbocycles. The highest BCUT2D eigenvalue weighted by atomic mass is 16.5. The number of para-hydroxylation sites is 2. The molecule has 5 rings (SSSR count). The number of ether oxygens (including phenoxy) is 4. The summed E-state index contributed by atoms with van der Waals surface area (Å²) in [6.07, 6.45) is 8.60. The van der Waals surface area contributed by atoms with Crippen molar-refractivity contribution in [1.82, 2.24) is 15.0 Å². The topological polar surface area (TPSA) is 92.7 Å². The van der Waals surface area contributed by atoms with Crippen LogP contribution in [0.25, 0.3) is 11.1 Å². The van der Waals surface area contributed by atoms with Crippen LogP contribution in [0, 0.1) is 0 Å². The van der Waals surface area contributed by atoms with E-state index in [9.17, 15) is 4.79 Å². The van der Waals surface area contributed by atoms with Gasteiger partial charge in [-0.2, -0.15) is 0 Å². The molecular weight excluding hydrogens is 566 g/mol. The van der Waals surface area contributed by atoms with Gasteiger partial charge in [-0.25, -0.2) is 0 Å². The SMILES string of the molecule is CCCCCCCCCC(=O)Oc1ccc(-c2ccc(Oc3nc(Oc4ccccc4)nc(Oc4ccccc4)n3)cc2)cc1. The molecule has 0 aliphatic rings. The van der Waals surface area contributed by atoms with Crippen molar-refractivity contribution in [2.75, 3.05) is 0 Å². The summed E-state index contributed by atoms with van der Waals surface area (Å²) < 4.78 is 23.2. The summed E-state index contributed by atoms with van der Waals surface area (Å²) in [6.45, 7) is 2.21. The maximum Gasteiger partial charge on any atom is 0.331 e. The van der Waals surface area contributed by atoms with Gasteiger partial charge in [0.25, 0.3) is 0 Å². The minimum absolute atomic E-state index is 0.0253. The molecule has 1 heterocycles. The van der Waals surface area contributed by atoms with Gasteiger partial charge in [0.15, 0.2) is 0 Å². The summed E-state index contributed by atoms with van der Waals surface area (Å²) in [4.78, 5) is 25.2. The van der Waals surface area contributed by atoms with Crippen molar-refractivity contribution in [3.63, 3.8) is 0 Å². The molecule has 0 N–H and O–H groups in total. The normalized spacial score (nSPS) is 10.7. The highest BCUT2D eigenvalue weighted by Crippen LogP contribution is 2.29. The number of nitrogens with zero attached hydrogens (tertiary/aromatic N) is 3. The van der Waals surface area contributed by atoms with Crippen molar-refractivity contribution in [3.8, 4) is 52.2 Å². The molecule has 45 heavy (non-hydrogen) atoms. The zero-order valence-electron chi connectivity index (χ0n) is 25.4. The van der Waals surface area contributed by atoms with Gasteiger partial charge in [0.2, 0.25) is 0 Å². The van der Waals surface area contributed by atoms with Gasteiger partial charge in [-0.3, -0.25) is 4.79 Å². The van der Waals surface area contributed by atoms with Crippen molar-refractivity contribution < 1.29 is 23.7 Å². The van der Waals surface area contributed by atoms with E-state index in [4.69, 9.17) is 18.9 Å². The van der Waals surface area contributed by atoms with Gasteiger partial charge in [0, 0.05) is 6.42 Å². The lowest BCUT2D eigenvalue weighted by Crippen LogP contribution is -2.07. The van der Waals surface area contributed by atoms with Crippen molar-refractivity contribution in [1.29, 1.82) is 0 Å². The number of unbranched alkanes of at least 4 members (excludes halogenated alkanes) is 6. The first-order chi connectivity index (χ1) is 22.1. The van der Waals surface area contributed by atoms with Crippen LogP contribution in [-0.2, 0) is 4.79 Å². The average Bonchev–Trinajstić information content (AvgIpc) is 3.06. The van der Waals surface area contributed by atoms with E-state index in [1.165, 1.54) is 32.1 Å². The van der Waals surface area contributed by atoms with Gasteiger partial charge >= 0.3 is 24.0 Å². The molecule has 5 aromatic rings. The van der Waals surface area contributed by atoms with Crippen molar-refractivity contribution in [2.45, 2.75) is 58.3 Å². The second-order valence-corrected chi connectivity index (χ2v) is 10.5. The van der Waals surface area contributed by atoms with E-state index in [-0.39, 0.29) is 24.0 Å². The van der Waals surface area contributed by atoms with Gasteiger partial charge in [-0.1, -0.05) is 106 Å². The third-order valence-electron chi connectivity index (χ3n) is 6.95. The largest absolute Gasteiger partial charge is 0.427 e. The van der Waals surface area contributed by atoms with E-state index < -0.39 is 0 Å². The molecule has 0 bridgehead atoms. The van der Waals surface area contributed by atoms with E-state index in [1.54, 1.807) is 24.3 Å². The summed E-state index contributed by atoms with van der Waals surface area (Å²) in [5.74, 6) is 2.02. The molecular formula is C37H37N3O5. The average molecular weight is 604 g/mol. The molecule has 1 aromatic heterocycles. The predicted octanol–water partition coefficient (Wildman–Crippen LogP) is 9.96. The van der Waals surface area contributed by atoms with Gasteiger partial charge in [0.1, 0.15) is 23.0 Å². The quantitative estimate of drug-likeness (QED) is 0.0625. The van der Waals surface area contributed by atoms with Gasteiger partial charge in [-0.05, 0) is 66.1 Å². The third kappa shape index (κ3) is 10.2. The highest BCUT2D eigenvalue weighted by molar-refractivity contribution is 5.73. The number of rotatable bonds is 16. The second kappa shape index (κ2) is 16.6. The Morgan fingerprint density at radius 3 is 1.36 bits per heavy atom. The molecule has 0 saturated heterocycles. The number of aromatic nitrogens is 3. The molecule has 0 atom stereocenters. The van der Waals surface area contributed by atoms with E-state index in [2.05, 4.69) is 21.9 Å². The lowest BCUT2D eigenvalue weighted by Gasteiger charge is -2.10. The second-order valence-electron chi connectivity index (χ2n) is 10.5. The third-order valence-corrected chi connectivity index (χ3v) is 6.95. The van der Waals surface area contributed by atoms with Gasteiger partial charge in [0.05, 0.1) is 0 Å². The Balaban J connectivity index is 1.19. The number of carbonyl (C=O) groups excluding carboxylic acids is 1. The fourth-order valence-corrected chi connectivity index (χ4v) is 4.59. The van der Waals surface area contributed by atoms with Crippen LogP contribution in [0.2, 0.25) is 0 Å². The summed E-state index contributed by atoms with van der Waals surface area (Å²) in [5.41, 5.74) is 1.95. The Bertz CT molecular complexity index is 1550. The Labute approximate surface area is 264 Å². The first kappa shape index (κ1) is 31.2. The van der Waals surface area contributed by atoms with Crippen molar-refractivity contribution in [2.24, 2.45) is 0 Å². The van der Waals surface area contributed by atoms with Crippen LogP contribution in [0.15, 0.2) is 109 Å². The molecule has 230 valence electrons. The van der Waals surface area contributed by atoms with Crippen LogP contribution in [0.4, 0.5) is 0 Å². The first-order valence-electron chi connectivity index (χ1n) is 15.5. The molecule has 0 aliphatic heterocycles. The molecule has 0 amide bonds.